The fourth-order valence-corrected chi connectivity index (χ4v) is 2.63. The monoisotopic (exact) mass is 330 g/mol. The van der Waals surface area contributed by atoms with Gasteiger partial charge >= 0.3 is 6.03 Å². The number of aromatic nitrogens is 1. The number of ether oxygens (including phenoxy) is 1. The van der Waals surface area contributed by atoms with E-state index in [-0.39, 0.29) is 12.1 Å². The average molecular weight is 330 g/mol. The van der Waals surface area contributed by atoms with Crippen molar-refractivity contribution in [2.75, 3.05) is 44.1 Å². The van der Waals surface area contributed by atoms with E-state index in [0.29, 0.717) is 25.4 Å². The number of urea groups is 1. The standard InChI is InChI=1S/C17H22N4O3/c1-12-4-6-15(24-12)14-11-23-9-8-21(14)17(22)19-13-5-7-16(18-10-13)20(2)3/h4-7,10,14H,8-9,11H2,1-3H3,(H,19,22)/t14-/m0/s1. The molecule has 128 valence electrons. The highest BCUT2D eigenvalue weighted by Gasteiger charge is 2.30. The predicted molar refractivity (Wildman–Crippen MR) is 91.3 cm³/mol. The second-order valence-corrected chi connectivity index (χ2v) is 5.96. The number of rotatable bonds is 3. The normalized spacial score (nSPS) is 17.6. The number of pyridine rings is 1. The summed E-state index contributed by atoms with van der Waals surface area (Å²) in [5, 5.41) is 2.89. The quantitative estimate of drug-likeness (QED) is 0.937. The van der Waals surface area contributed by atoms with Gasteiger partial charge in [0.2, 0.25) is 0 Å². The molecule has 2 aromatic rings. The Hall–Kier alpha value is -2.54. The molecule has 0 spiro atoms. The van der Waals surface area contributed by atoms with Crippen molar-refractivity contribution in [3.05, 3.63) is 42.0 Å². The Kier molecular flexibility index (Phi) is 4.71. The van der Waals surface area contributed by atoms with E-state index in [0.717, 1.165) is 17.3 Å². The maximum absolute atomic E-state index is 12.7. The number of carbonyl (C=O) groups excluding carboxylic acids is 1. The molecule has 1 saturated heterocycles. The lowest BCUT2D eigenvalue weighted by molar-refractivity contribution is 0.00710. The van der Waals surface area contributed by atoms with Crippen LogP contribution in [0.2, 0.25) is 0 Å². The van der Waals surface area contributed by atoms with Crippen LogP contribution in [0.1, 0.15) is 17.6 Å². The first-order valence-corrected chi connectivity index (χ1v) is 7.89. The highest BCUT2D eigenvalue weighted by Crippen LogP contribution is 2.26. The van der Waals surface area contributed by atoms with Crippen LogP contribution >= 0.6 is 0 Å². The van der Waals surface area contributed by atoms with E-state index in [4.69, 9.17) is 9.15 Å². The molecule has 0 bridgehead atoms. The van der Waals surface area contributed by atoms with E-state index in [2.05, 4.69) is 10.3 Å². The Morgan fingerprint density at radius 1 is 1.33 bits per heavy atom. The number of anilines is 2. The molecule has 0 aliphatic carbocycles. The molecule has 1 aliphatic rings. The molecule has 0 unspecified atom stereocenters. The topological polar surface area (TPSA) is 70.8 Å². The number of aryl methyl sites for hydroxylation is 1. The Bertz CT molecular complexity index is 696. The lowest BCUT2D eigenvalue weighted by Gasteiger charge is -2.34. The molecule has 2 aromatic heterocycles. The summed E-state index contributed by atoms with van der Waals surface area (Å²) < 4.78 is 11.2. The van der Waals surface area contributed by atoms with Crippen LogP contribution in [0.25, 0.3) is 0 Å². The fraction of sp³-hybridized carbons (Fsp3) is 0.412. The van der Waals surface area contributed by atoms with E-state index in [1.807, 2.05) is 50.2 Å². The third-order valence-electron chi connectivity index (χ3n) is 3.94. The minimum atomic E-state index is -0.221. The van der Waals surface area contributed by atoms with Gasteiger partial charge in [0.15, 0.2) is 0 Å². The lowest BCUT2D eigenvalue weighted by Crippen LogP contribution is -2.45. The van der Waals surface area contributed by atoms with Gasteiger partial charge in [-0.05, 0) is 31.2 Å². The highest BCUT2D eigenvalue weighted by molar-refractivity contribution is 5.89. The first-order chi connectivity index (χ1) is 11.5. The molecule has 2 amide bonds. The zero-order valence-corrected chi connectivity index (χ0v) is 14.2. The number of nitrogens with one attached hydrogen (secondary N) is 1. The number of morpholine rings is 1. The fourth-order valence-electron chi connectivity index (χ4n) is 2.63. The molecule has 1 atom stereocenters. The zero-order valence-electron chi connectivity index (χ0n) is 14.2. The smallest absolute Gasteiger partial charge is 0.322 e. The van der Waals surface area contributed by atoms with Gasteiger partial charge < -0.3 is 24.3 Å². The van der Waals surface area contributed by atoms with Gasteiger partial charge in [0.25, 0.3) is 0 Å². The van der Waals surface area contributed by atoms with Crippen LogP contribution in [0.3, 0.4) is 0 Å². The van der Waals surface area contributed by atoms with Crippen LogP contribution in [-0.2, 0) is 4.74 Å². The molecule has 24 heavy (non-hydrogen) atoms. The van der Waals surface area contributed by atoms with Crippen LogP contribution < -0.4 is 10.2 Å². The Balaban J connectivity index is 1.72. The molecule has 1 aliphatic heterocycles. The van der Waals surface area contributed by atoms with Gasteiger partial charge in [0.05, 0.1) is 25.1 Å². The van der Waals surface area contributed by atoms with E-state index >= 15 is 0 Å². The summed E-state index contributed by atoms with van der Waals surface area (Å²) in [6.45, 7) is 3.34. The van der Waals surface area contributed by atoms with Crippen LogP contribution in [0, 0.1) is 6.92 Å². The summed E-state index contributed by atoms with van der Waals surface area (Å²) in [7, 11) is 3.84. The molecule has 1 N–H and O–H groups in total. The van der Waals surface area contributed by atoms with E-state index in [1.165, 1.54) is 0 Å². The van der Waals surface area contributed by atoms with Gasteiger partial charge in [-0.3, -0.25) is 0 Å². The molecule has 0 aromatic carbocycles. The summed E-state index contributed by atoms with van der Waals surface area (Å²) >= 11 is 0. The van der Waals surface area contributed by atoms with Crippen molar-refractivity contribution in [3.8, 4) is 0 Å². The Morgan fingerprint density at radius 2 is 2.17 bits per heavy atom. The van der Waals surface area contributed by atoms with Gasteiger partial charge in [-0.1, -0.05) is 0 Å². The summed E-state index contributed by atoms with van der Waals surface area (Å²) in [5.41, 5.74) is 0.659. The summed E-state index contributed by atoms with van der Waals surface area (Å²) in [4.78, 5) is 20.6. The molecule has 7 heteroatoms. The van der Waals surface area contributed by atoms with Crippen LogP contribution in [0.15, 0.2) is 34.9 Å². The molecular formula is C17H22N4O3. The van der Waals surface area contributed by atoms with E-state index in [1.54, 1.807) is 11.1 Å². The van der Waals surface area contributed by atoms with Crippen molar-refractivity contribution in [1.82, 2.24) is 9.88 Å². The third kappa shape index (κ3) is 3.51. The maximum Gasteiger partial charge on any atom is 0.322 e. The highest BCUT2D eigenvalue weighted by atomic mass is 16.5. The number of nitrogens with zero attached hydrogens (tertiary/aromatic N) is 3. The molecular weight excluding hydrogens is 308 g/mol. The zero-order chi connectivity index (χ0) is 17.1. The predicted octanol–water partition coefficient (Wildman–Crippen LogP) is 2.65. The van der Waals surface area contributed by atoms with Gasteiger partial charge in [-0.25, -0.2) is 9.78 Å². The maximum atomic E-state index is 12.7. The van der Waals surface area contributed by atoms with Gasteiger partial charge in [0.1, 0.15) is 23.4 Å². The molecule has 1 fully saturated rings. The van der Waals surface area contributed by atoms with Crippen molar-refractivity contribution in [3.63, 3.8) is 0 Å². The van der Waals surface area contributed by atoms with Crippen molar-refractivity contribution < 1.29 is 13.9 Å². The van der Waals surface area contributed by atoms with E-state index < -0.39 is 0 Å². The number of furan rings is 1. The van der Waals surface area contributed by atoms with Gasteiger partial charge in [0, 0.05) is 20.6 Å². The number of carbonyl (C=O) groups is 1. The van der Waals surface area contributed by atoms with Gasteiger partial charge in [-0.2, -0.15) is 0 Å². The Morgan fingerprint density at radius 3 is 2.79 bits per heavy atom. The molecule has 0 radical (unpaired) electrons. The van der Waals surface area contributed by atoms with Crippen molar-refractivity contribution in [2.45, 2.75) is 13.0 Å². The van der Waals surface area contributed by atoms with Crippen molar-refractivity contribution in [2.24, 2.45) is 0 Å². The number of amides is 2. The Labute approximate surface area is 141 Å². The molecule has 7 nitrogen and oxygen atoms in total. The number of hydrogen-bond acceptors (Lipinski definition) is 5. The number of hydrogen-bond donors (Lipinski definition) is 1. The minimum Gasteiger partial charge on any atom is -0.464 e. The molecule has 0 saturated carbocycles. The van der Waals surface area contributed by atoms with Crippen molar-refractivity contribution in [1.29, 1.82) is 0 Å². The van der Waals surface area contributed by atoms with Gasteiger partial charge in [-0.15, -0.1) is 0 Å². The lowest BCUT2D eigenvalue weighted by atomic mass is 10.2. The second kappa shape index (κ2) is 6.92. The van der Waals surface area contributed by atoms with E-state index in [9.17, 15) is 4.79 Å². The third-order valence-corrected chi connectivity index (χ3v) is 3.94. The van der Waals surface area contributed by atoms with Crippen molar-refractivity contribution >= 4 is 17.5 Å². The van der Waals surface area contributed by atoms with Crippen LogP contribution in [0.4, 0.5) is 16.3 Å². The first kappa shape index (κ1) is 16.3. The summed E-state index contributed by atoms with van der Waals surface area (Å²) in [6.07, 6.45) is 1.65. The summed E-state index contributed by atoms with van der Waals surface area (Å²) in [5.74, 6) is 2.39. The largest absolute Gasteiger partial charge is 0.464 e. The van der Waals surface area contributed by atoms with Crippen LogP contribution in [0.5, 0.6) is 0 Å². The minimum absolute atomic E-state index is 0.184. The summed E-state index contributed by atoms with van der Waals surface area (Å²) in [6, 6.07) is 7.08. The average Bonchev–Trinajstić information content (AvgIpc) is 3.01. The molecule has 3 rings (SSSR count). The first-order valence-electron chi connectivity index (χ1n) is 7.89. The molecule has 3 heterocycles. The SMILES string of the molecule is Cc1ccc([C@@H]2COCCN2C(=O)Nc2ccc(N(C)C)nc2)o1. The second-order valence-electron chi connectivity index (χ2n) is 5.96. The van der Waals surface area contributed by atoms with Crippen LogP contribution in [-0.4, -0.2) is 49.8 Å².